The first-order valence-corrected chi connectivity index (χ1v) is 7.81. The highest BCUT2D eigenvalue weighted by Crippen LogP contribution is 2.23. The molecule has 1 heterocycles. The smallest absolute Gasteiger partial charge is 0.273 e. The Kier molecular flexibility index (Phi) is 6.05. The molecule has 0 atom stereocenters. The molecule has 0 radical (unpaired) electrons. The first kappa shape index (κ1) is 18.4. The molecule has 0 bridgehead atoms. The molecule has 2 rings (SSSR count). The second-order valence-electron chi connectivity index (χ2n) is 5.55. The third kappa shape index (κ3) is 5.00. The summed E-state index contributed by atoms with van der Waals surface area (Å²) in [6.45, 7) is 3.45. The molecule has 0 aliphatic carbocycles. The van der Waals surface area contributed by atoms with Crippen LogP contribution in [0.2, 0.25) is 0 Å². The summed E-state index contributed by atoms with van der Waals surface area (Å²) in [6, 6.07) is 7.07. The maximum Gasteiger partial charge on any atom is 0.273 e. The maximum atomic E-state index is 12.0. The predicted octanol–water partition coefficient (Wildman–Crippen LogP) is 2.31. The van der Waals surface area contributed by atoms with Crippen molar-refractivity contribution in [2.75, 3.05) is 14.2 Å². The summed E-state index contributed by atoms with van der Waals surface area (Å²) >= 11 is 0. The molecule has 2 N–H and O–H groups in total. The van der Waals surface area contributed by atoms with Crippen LogP contribution in [0.25, 0.3) is 0 Å². The molecule has 0 aliphatic rings. The lowest BCUT2D eigenvalue weighted by molar-refractivity contribution is -0.121. The topological polar surface area (TPSA) is 89.8 Å². The van der Waals surface area contributed by atoms with E-state index < -0.39 is 5.91 Å². The predicted molar refractivity (Wildman–Crippen MR) is 91.7 cm³/mol. The quantitative estimate of drug-likeness (QED) is 0.784. The summed E-state index contributed by atoms with van der Waals surface area (Å²) in [5.74, 6) is 1.76. The number of nitrogens with one attached hydrogen (secondary N) is 2. The van der Waals surface area contributed by atoms with Gasteiger partial charge in [0.25, 0.3) is 5.91 Å². The summed E-state index contributed by atoms with van der Waals surface area (Å²) in [4.78, 5) is 23.9. The Hall–Kier alpha value is -2.96. The zero-order valence-corrected chi connectivity index (χ0v) is 14.8. The highest BCUT2D eigenvalue weighted by atomic mass is 16.5. The molecule has 0 saturated heterocycles. The van der Waals surface area contributed by atoms with Crippen molar-refractivity contribution in [1.82, 2.24) is 10.9 Å². The number of hydrogen-bond acceptors (Lipinski definition) is 5. The third-order valence-corrected chi connectivity index (χ3v) is 3.65. The molecule has 1 aromatic carbocycles. The van der Waals surface area contributed by atoms with Gasteiger partial charge in [-0.1, -0.05) is 0 Å². The van der Waals surface area contributed by atoms with E-state index in [9.17, 15) is 9.59 Å². The SMILES string of the molecule is COc1cc(CCC(=O)NNC(=O)c2cc(C)oc2C)cc(OC)c1. The normalized spacial score (nSPS) is 10.2. The minimum Gasteiger partial charge on any atom is -0.497 e. The van der Waals surface area contributed by atoms with Gasteiger partial charge in [0.2, 0.25) is 5.91 Å². The molecule has 25 heavy (non-hydrogen) atoms. The summed E-state index contributed by atoms with van der Waals surface area (Å²) in [5.41, 5.74) is 6.09. The van der Waals surface area contributed by atoms with Gasteiger partial charge in [-0.2, -0.15) is 0 Å². The van der Waals surface area contributed by atoms with Crippen LogP contribution in [0.3, 0.4) is 0 Å². The Morgan fingerprint density at radius 1 is 1.00 bits per heavy atom. The van der Waals surface area contributed by atoms with Crippen molar-refractivity contribution in [3.63, 3.8) is 0 Å². The molecule has 0 saturated carbocycles. The number of rotatable bonds is 6. The molecule has 1 aromatic heterocycles. The number of hydrazine groups is 1. The van der Waals surface area contributed by atoms with Gasteiger partial charge in [-0.25, -0.2) is 0 Å². The lowest BCUT2D eigenvalue weighted by Crippen LogP contribution is -2.41. The van der Waals surface area contributed by atoms with E-state index >= 15 is 0 Å². The van der Waals surface area contributed by atoms with Gasteiger partial charge in [-0.05, 0) is 44.0 Å². The van der Waals surface area contributed by atoms with Gasteiger partial charge in [0.1, 0.15) is 23.0 Å². The molecule has 0 unspecified atom stereocenters. The fourth-order valence-corrected chi connectivity index (χ4v) is 2.38. The molecule has 0 spiro atoms. The molecule has 0 fully saturated rings. The fourth-order valence-electron chi connectivity index (χ4n) is 2.38. The number of carbonyl (C=O) groups excluding carboxylic acids is 2. The van der Waals surface area contributed by atoms with E-state index in [0.29, 0.717) is 35.0 Å². The van der Waals surface area contributed by atoms with E-state index in [-0.39, 0.29) is 12.3 Å². The van der Waals surface area contributed by atoms with Gasteiger partial charge in [0.05, 0.1) is 19.8 Å². The van der Waals surface area contributed by atoms with E-state index in [4.69, 9.17) is 13.9 Å². The lowest BCUT2D eigenvalue weighted by Gasteiger charge is -2.09. The van der Waals surface area contributed by atoms with Crippen LogP contribution in [0.1, 0.15) is 33.9 Å². The largest absolute Gasteiger partial charge is 0.497 e. The number of methoxy groups -OCH3 is 2. The number of carbonyl (C=O) groups is 2. The Morgan fingerprint density at radius 2 is 1.64 bits per heavy atom. The molecule has 0 aliphatic heterocycles. The molecule has 2 amide bonds. The summed E-state index contributed by atoms with van der Waals surface area (Å²) < 4.78 is 15.7. The number of aryl methyl sites for hydroxylation is 3. The monoisotopic (exact) mass is 346 g/mol. The highest BCUT2D eigenvalue weighted by Gasteiger charge is 2.14. The summed E-state index contributed by atoms with van der Waals surface area (Å²) in [5, 5.41) is 0. The second-order valence-corrected chi connectivity index (χ2v) is 5.55. The van der Waals surface area contributed by atoms with Crippen LogP contribution in [0.5, 0.6) is 11.5 Å². The average Bonchev–Trinajstić information content (AvgIpc) is 2.95. The average molecular weight is 346 g/mol. The molecule has 134 valence electrons. The van der Waals surface area contributed by atoms with Crippen molar-refractivity contribution in [1.29, 1.82) is 0 Å². The Morgan fingerprint density at radius 3 is 2.16 bits per heavy atom. The highest BCUT2D eigenvalue weighted by molar-refractivity contribution is 5.96. The third-order valence-electron chi connectivity index (χ3n) is 3.65. The number of furan rings is 1. The van der Waals surface area contributed by atoms with E-state index in [1.807, 2.05) is 12.1 Å². The summed E-state index contributed by atoms with van der Waals surface area (Å²) in [6.07, 6.45) is 0.694. The van der Waals surface area contributed by atoms with Crippen molar-refractivity contribution in [3.8, 4) is 11.5 Å². The standard InChI is InChI=1S/C18H22N2O5/c1-11-7-16(12(2)25-11)18(22)20-19-17(21)6-5-13-8-14(23-3)10-15(9-13)24-4/h7-10H,5-6H2,1-4H3,(H,19,21)(H,20,22). The van der Waals surface area contributed by atoms with Crippen LogP contribution in [-0.2, 0) is 11.2 Å². The van der Waals surface area contributed by atoms with Crippen LogP contribution in [0.4, 0.5) is 0 Å². The van der Waals surface area contributed by atoms with Gasteiger partial charge in [0.15, 0.2) is 0 Å². The first-order chi connectivity index (χ1) is 11.9. The molecular weight excluding hydrogens is 324 g/mol. The number of hydrogen-bond donors (Lipinski definition) is 2. The zero-order valence-electron chi connectivity index (χ0n) is 14.8. The van der Waals surface area contributed by atoms with Crippen molar-refractivity contribution in [3.05, 3.63) is 46.9 Å². The Labute approximate surface area is 146 Å². The van der Waals surface area contributed by atoms with Crippen LogP contribution in [0, 0.1) is 13.8 Å². The molecule has 2 aromatic rings. The van der Waals surface area contributed by atoms with E-state index in [0.717, 1.165) is 5.56 Å². The van der Waals surface area contributed by atoms with Gasteiger partial charge < -0.3 is 13.9 Å². The van der Waals surface area contributed by atoms with Crippen LogP contribution >= 0.6 is 0 Å². The van der Waals surface area contributed by atoms with Crippen LogP contribution < -0.4 is 20.3 Å². The van der Waals surface area contributed by atoms with Crippen molar-refractivity contribution in [2.45, 2.75) is 26.7 Å². The molecule has 7 heteroatoms. The van der Waals surface area contributed by atoms with Gasteiger partial charge >= 0.3 is 0 Å². The Balaban J connectivity index is 1.86. The number of benzene rings is 1. The van der Waals surface area contributed by atoms with E-state index in [2.05, 4.69) is 10.9 Å². The van der Waals surface area contributed by atoms with Crippen LogP contribution in [-0.4, -0.2) is 26.0 Å². The maximum absolute atomic E-state index is 12.0. The number of ether oxygens (including phenoxy) is 2. The minimum absolute atomic E-state index is 0.208. The van der Waals surface area contributed by atoms with Crippen molar-refractivity contribution in [2.24, 2.45) is 0 Å². The lowest BCUT2D eigenvalue weighted by atomic mass is 10.1. The molecule has 7 nitrogen and oxygen atoms in total. The van der Waals surface area contributed by atoms with E-state index in [1.165, 1.54) is 0 Å². The Bertz CT molecular complexity index is 745. The van der Waals surface area contributed by atoms with E-state index in [1.54, 1.807) is 40.2 Å². The second kappa shape index (κ2) is 8.23. The summed E-state index contributed by atoms with van der Waals surface area (Å²) in [7, 11) is 3.14. The van der Waals surface area contributed by atoms with Gasteiger partial charge in [-0.15, -0.1) is 0 Å². The molecular formula is C18H22N2O5. The van der Waals surface area contributed by atoms with Crippen molar-refractivity contribution >= 4 is 11.8 Å². The van der Waals surface area contributed by atoms with Crippen molar-refractivity contribution < 1.29 is 23.5 Å². The zero-order chi connectivity index (χ0) is 18.4. The van der Waals surface area contributed by atoms with Crippen LogP contribution in [0.15, 0.2) is 28.7 Å². The minimum atomic E-state index is -0.411. The number of amides is 2. The van der Waals surface area contributed by atoms with Gasteiger partial charge in [-0.3, -0.25) is 20.4 Å². The fraction of sp³-hybridized carbons (Fsp3) is 0.333. The van der Waals surface area contributed by atoms with Gasteiger partial charge in [0, 0.05) is 12.5 Å². The first-order valence-electron chi connectivity index (χ1n) is 7.81.